The first kappa shape index (κ1) is 25.8. The molecule has 0 aliphatic rings. The van der Waals surface area contributed by atoms with Gasteiger partial charge in [0.15, 0.2) is 0 Å². The van der Waals surface area contributed by atoms with E-state index in [0.717, 1.165) is 0 Å². The molecule has 3 unspecified atom stereocenters. The molecule has 29 heavy (non-hydrogen) atoms. The zero-order valence-electron chi connectivity index (χ0n) is 16.1. The fourth-order valence-electron chi connectivity index (χ4n) is 2.12. The molecular formula is C16H27N5O8. The van der Waals surface area contributed by atoms with Crippen LogP contribution in [0.25, 0.3) is 0 Å². The van der Waals surface area contributed by atoms with Crippen molar-refractivity contribution in [1.29, 1.82) is 0 Å². The topological polar surface area (TPSA) is 231 Å². The van der Waals surface area contributed by atoms with Gasteiger partial charge in [-0.15, -0.1) is 0 Å². The summed E-state index contributed by atoms with van der Waals surface area (Å²) in [6, 6.07) is -3.77. The van der Waals surface area contributed by atoms with Gasteiger partial charge < -0.3 is 37.6 Å². The molecule has 0 aromatic heterocycles. The maximum absolute atomic E-state index is 12.3. The molecule has 13 nitrogen and oxygen atoms in total. The van der Waals surface area contributed by atoms with E-state index < -0.39 is 66.7 Å². The van der Waals surface area contributed by atoms with Crippen LogP contribution in [0.2, 0.25) is 0 Å². The molecule has 3 atom stereocenters. The third kappa shape index (κ3) is 10.6. The van der Waals surface area contributed by atoms with E-state index in [-0.39, 0.29) is 18.8 Å². The molecule has 0 bridgehead atoms. The van der Waals surface area contributed by atoms with Gasteiger partial charge in [0.05, 0.1) is 19.0 Å². The second-order valence-corrected chi connectivity index (χ2v) is 6.62. The van der Waals surface area contributed by atoms with Crippen molar-refractivity contribution in [3.8, 4) is 0 Å². The highest BCUT2D eigenvalue weighted by atomic mass is 16.4. The van der Waals surface area contributed by atoms with Gasteiger partial charge in [0.2, 0.25) is 23.6 Å². The normalized spacial score (nSPS) is 13.7. The Kier molecular flexibility index (Phi) is 10.9. The minimum absolute atomic E-state index is 0.00381. The first-order valence-corrected chi connectivity index (χ1v) is 8.71. The number of rotatable bonds is 13. The number of hydrogen-bond donors (Lipinski definition) is 7. The van der Waals surface area contributed by atoms with Gasteiger partial charge in [0.1, 0.15) is 12.1 Å². The first-order valence-electron chi connectivity index (χ1n) is 8.71. The molecule has 4 amide bonds. The lowest BCUT2D eigenvalue weighted by atomic mass is 10.0. The summed E-state index contributed by atoms with van der Waals surface area (Å²) < 4.78 is 0. The number of carboxylic acid groups (broad SMARTS) is 2. The van der Waals surface area contributed by atoms with Gasteiger partial charge >= 0.3 is 11.9 Å². The van der Waals surface area contributed by atoms with Crippen molar-refractivity contribution in [2.45, 2.75) is 51.2 Å². The maximum atomic E-state index is 12.3. The van der Waals surface area contributed by atoms with Crippen molar-refractivity contribution < 1.29 is 39.0 Å². The molecule has 9 N–H and O–H groups in total. The van der Waals surface area contributed by atoms with Crippen LogP contribution in [0, 0.1) is 5.92 Å². The summed E-state index contributed by atoms with van der Waals surface area (Å²) in [7, 11) is 0. The highest BCUT2D eigenvalue weighted by Gasteiger charge is 2.28. The number of carboxylic acids is 2. The van der Waals surface area contributed by atoms with Gasteiger partial charge in [0.25, 0.3) is 0 Å². The molecule has 164 valence electrons. The van der Waals surface area contributed by atoms with E-state index in [4.69, 9.17) is 21.7 Å². The van der Waals surface area contributed by atoms with Crippen molar-refractivity contribution in [2.24, 2.45) is 17.4 Å². The molecule has 0 rings (SSSR count). The molecule has 0 saturated heterocycles. The standard InChI is InChI=1S/C16H27N5O8/c1-7(2)13(21-14(26)8(17)3-4-10(18)22)15(27)19-6-11(23)20-9(16(28)29)5-12(24)25/h7-9,13H,3-6,17H2,1-2H3,(H2,18,22)(H,19,27)(H,20,23)(H,21,26)(H,24,25)(H,28,29). The predicted octanol–water partition coefficient (Wildman–Crippen LogP) is -3.12. The van der Waals surface area contributed by atoms with Crippen molar-refractivity contribution in [3.63, 3.8) is 0 Å². The van der Waals surface area contributed by atoms with Crippen LogP contribution in [0.5, 0.6) is 0 Å². The number of nitrogens with one attached hydrogen (secondary N) is 3. The van der Waals surface area contributed by atoms with E-state index in [1.165, 1.54) is 0 Å². The molecule has 0 radical (unpaired) electrons. The molecule has 0 aromatic rings. The molecule has 0 fully saturated rings. The zero-order valence-corrected chi connectivity index (χ0v) is 16.1. The van der Waals surface area contributed by atoms with Crippen LogP contribution in [-0.4, -0.2) is 70.5 Å². The fourth-order valence-corrected chi connectivity index (χ4v) is 2.12. The Hall–Kier alpha value is -3.22. The van der Waals surface area contributed by atoms with Crippen LogP contribution in [0.3, 0.4) is 0 Å². The van der Waals surface area contributed by atoms with Gasteiger partial charge in [0, 0.05) is 6.42 Å². The van der Waals surface area contributed by atoms with Crippen molar-refractivity contribution in [3.05, 3.63) is 0 Å². The Morgan fingerprint density at radius 1 is 0.966 bits per heavy atom. The number of hydrogen-bond acceptors (Lipinski definition) is 7. The Bertz CT molecular complexity index is 651. The van der Waals surface area contributed by atoms with E-state index in [9.17, 15) is 28.8 Å². The number of amides is 4. The number of carbonyl (C=O) groups is 6. The lowest BCUT2D eigenvalue weighted by molar-refractivity contribution is -0.147. The van der Waals surface area contributed by atoms with Crippen LogP contribution < -0.4 is 27.4 Å². The fraction of sp³-hybridized carbons (Fsp3) is 0.625. The summed E-state index contributed by atoms with van der Waals surface area (Å²) >= 11 is 0. The molecule has 0 aliphatic heterocycles. The van der Waals surface area contributed by atoms with E-state index in [0.29, 0.717) is 0 Å². The SMILES string of the molecule is CC(C)C(NC(=O)C(N)CCC(N)=O)C(=O)NCC(=O)NC(CC(=O)O)C(=O)O. The quantitative estimate of drug-likeness (QED) is 0.160. The number of aliphatic carboxylic acids is 2. The lowest BCUT2D eigenvalue weighted by Crippen LogP contribution is -2.55. The molecule has 13 heteroatoms. The van der Waals surface area contributed by atoms with Gasteiger partial charge in [-0.3, -0.25) is 24.0 Å². The number of primary amides is 1. The highest BCUT2D eigenvalue weighted by molar-refractivity contribution is 5.93. The monoisotopic (exact) mass is 417 g/mol. The summed E-state index contributed by atoms with van der Waals surface area (Å²) in [4.78, 5) is 68.4. The average Bonchev–Trinajstić information content (AvgIpc) is 2.60. The largest absolute Gasteiger partial charge is 0.481 e. The molecule has 0 heterocycles. The van der Waals surface area contributed by atoms with Crippen LogP contribution >= 0.6 is 0 Å². The van der Waals surface area contributed by atoms with Crippen molar-refractivity contribution in [2.75, 3.05) is 6.54 Å². The second-order valence-electron chi connectivity index (χ2n) is 6.62. The molecule has 0 aromatic carbocycles. The van der Waals surface area contributed by atoms with E-state index in [2.05, 4.69) is 10.6 Å². The third-order valence-electron chi connectivity index (χ3n) is 3.72. The van der Waals surface area contributed by atoms with Crippen LogP contribution in [0.1, 0.15) is 33.1 Å². The Labute approximate surface area is 166 Å². The smallest absolute Gasteiger partial charge is 0.326 e. The van der Waals surface area contributed by atoms with E-state index in [1.54, 1.807) is 13.8 Å². The zero-order chi connectivity index (χ0) is 22.7. The molecular weight excluding hydrogens is 390 g/mol. The summed E-state index contributed by atoms with van der Waals surface area (Å²) in [6.07, 6.45) is -0.937. The Morgan fingerprint density at radius 3 is 2.00 bits per heavy atom. The summed E-state index contributed by atoms with van der Waals surface area (Å²) in [5, 5.41) is 24.1. The lowest BCUT2D eigenvalue weighted by Gasteiger charge is -2.23. The summed E-state index contributed by atoms with van der Waals surface area (Å²) in [6.45, 7) is 2.63. The maximum Gasteiger partial charge on any atom is 0.326 e. The Morgan fingerprint density at radius 2 is 1.55 bits per heavy atom. The van der Waals surface area contributed by atoms with Gasteiger partial charge in [-0.1, -0.05) is 13.8 Å². The van der Waals surface area contributed by atoms with Crippen LogP contribution in [0.15, 0.2) is 0 Å². The van der Waals surface area contributed by atoms with E-state index >= 15 is 0 Å². The predicted molar refractivity (Wildman–Crippen MR) is 98.0 cm³/mol. The molecule has 0 spiro atoms. The van der Waals surface area contributed by atoms with Gasteiger partial charge in [-0.25, -0.2) is 4.79 Å². The molecule has 0 aliphatic carbocycles. The third-order valence-corrected chi connectivity index (χ3v) is 3.72. The molecule has 0 saturated carbocycles. The summed E-state index contributed by atoms with van der Waals surface area (Å²) in [5.74, 6) is -6.29. The first-order chi connectivity index (χ1) is 13.3. The summed E-state index contributed by atoms with van der Waals surface area (Å²) in [5.41, 5.74) is 10.6. The van der Waals surface area contributed by atoms with Crippen LogP contribution in [0.4, 0.5) is 0 Å². The average molecular weight is 417 g/mol. The van der Waals surface area contributed by atoms with Crippen molar-refractivity contribution in [1.82, 2.24) is 16.0 Å². The van der Waals surface area contributed by atoms with Crippen molar-refractivity contribution >= 4 is 35.6 Å². The highest BCUT2D eigenvalue weighted by Crippen LogP contribution is 2.04. The van der Waals surface area contributed by atoms with Gasteiger partial charge in [-0.05, 0) is 12.3 Å². The van der Waals surface area contributed by atoms with Gasteiger partial charge in [-0.2, -0.15) is 0 Å². The second kappa shape index (κ2) is 12.3. The van der Waals surface area contributed by atoms with Crippen LogP contribution in [-0.2, 0) is 28.8 Å². The Balaban J connectivity index is 4.76. The number of carbonyl (C=O) groups excluding carboxylic acids is 4. The number of nitrogens with two attached hydrogens (primary N) is 2. The van der Waals surface area contributed by atoms with E-state index in [1.807, 2.05) is 5.32 Å². The minimum Gasteiger partial charge on any atom is -0.481 e. The minimum atomic E-state index is -1.65.